The lowest BCUT2D eigenvalue weighted by atomic mass is 9.99. The van der Waals surface area contributed by atoms with Crippen molar-refractivity contribution in [1.82, 2.24) is 9.55 Å². The van der Waals surface area contributed by atoms with Gasteiger partial charge in [0.2, 0.25) is 0 Å². The second-order valence-electron chi connectivity index (χ2n) is 3.09. The first kappa shape index (κ1) is 8.68. The predicted octanol–water partition coefficient (Wildman–Crippen LogP) is -1.30. The highest BCUT2D eigenvalue weighted by atomic mass is 16.3. The molecule has 1 radical (unpaired) electrons. The van der Waals surface area contributed by atoms with Gasteiger partial charge in [0.25, 0.3) is 0 Å². The maximum absolute atomic E-state index is 9.51. The molecule has 1 aliphatic rings. The zero-order valence-corrected chi connectivity index (χ0v) is 6.91. The van der Waals surface area contributed by atoms with Gasteiger partial charge < -0.3 is 19.9 Å². The van der Waals surface area contributed by atoms with Gasteiger partial charge in [0.05, 0.1) is 25.2 Å². The molecule has 13 heavy (non-hydrogen) atoms. The van der Waals surface area contributed by atoms with Gasteiger partial charge in [-0.15, -0.1) is 0 Å². The Kier molecular flexibility index (Phi) is 2.07. The molecule has 3 N–H and O–H groups in total. The van der Waals surface area contributed by atoms with Crippen LogP contribution in [0.15, 0.2) is 12.4 Å². The molecule has 0 spiro atoms. The van der Waals surface area contributed by atoms with E-state index in [-0.39, 0.29) is 6.61 Å². The zero-order chi connectivity index (χ0) is 9.42. The van der Waals surface area contributed by atoms with Crippen LogP contribution < -0.4 is 0 Å². The summed E-state index contributed by atoms with van der Waals surface area (Å²) < 4.78 is 1.65. The van der Waals surface area contributed by atoms with Gasteiger partial charge in [-0.2, -0.15) is 0 Å². The highest BCUT2D eigenvalue weighted by Gasteiger charge is 2.34. The van der Waals surface area contributed by atoms with Crippen LogP contribution in [0.3, 0.4) is 0 Å². The van der Waals surface area contributed by atoms with Crippen LogP contribution in [0, 0.1) is 6.42 Å². The number of aliphatic hydroxyl groups is 3. The zero-order valence-electron chi connectivity index (χ0n) is 6.91. The first-order valence-electron chi connectivity index (χ1n) is 4.08. The highest BCUT2D eigenvalue weighted by Crippen LogP contribution is 2.25. The van der Waals surface area contributed by atoms with E-state index in [0.717, 1.165) is 0 Å². The normalized spacial score (nSPS) is 33.0. The van der Waals surface area contributed by atoms with Crippen LogP contribution in [0.1, 0.15) is 11.9 Å². The standard InChI is InChI=1S/C8H11N2O3/c11-4-5-8(13)6(12)3-7-9-1-2-10(5)7/h1-3,5-6,8,11-13H,4H2/t5?,6-,8+/m1/s1. The second kappa shape index (κ2) is 3.10. The van der Waals surface area contributed by atoms with Crippen LogP contribution in [-0.4, -0.2) is 43.7 Å². The van der Waals surface area contributed by atoms with Crippen molar-refractivity contribution in [2.75, 3.05) is 6.61 Å². The van der Waals surface area contributed by atoms with Crippen molar-refractivity contribution in [2.24, 2.45) is 0 Å². The van der Waals surface area contributed by atoms with E-state index in [4.69, 9.17) is 5.11 Å². The summed E-state index contributed by atoms with van der Waals surface area (Å²) in [6.07, 6.45) is 2.79. The summed E-state index contributed by atoms with van der Waals surface area (Å²) in [5, 5.41) is 27.9. The van der Waals surface area contributed by atoms with Crippen molar-refractivity contribution in [3.05, 3.63) is 24.6 Å². The lowest BCUT2D eigenvalue weighted by Crippen LogP contribution is -2.42. The van der Waals surface area contributed by atoms with Gasteiger partial charge in [0, 0.05) is 12.4 Å². The molecular formula is C8H11N2O3. The summed E-state index contributed by atoms with van der Waals surface area (Å²) >= 11 is 0. The van der Waals surface area contributed by atoms with E-state index in [1.54, 1.807) is 17.0 Å². The van der Waals surface area contributed by atoms with Crippen LogP contribution in [0.5, 0.6) is 0 Å². The molecule has 2 rings (SSSR count). The smallest absolute Gasteiger partial charge is 0.115 e. The Morgan fingerprint density at radius 2 is 2.23 bits per heavy atom. The van der Waals surface area contributed by atoms with E-state index in [2.05, 4.69) is 4.98 Å². The minimum absolute atomic E-state index is 0.213. The van der Waals surface area contributed by atoms with Crippen molar-refractivity contribution in [3.63, 3.8) is 0 Å². The Labute approximate surface area is 75.3 Å². The molecule has 0 amide bonds. The lowest BCUT2D eigenvalue weighted by molar-refractivity contribution is -0.0220. The first-order chi connectivity index (χ1) is 6.24. The third-order valence-corrected chi connectivity index (χ3v) is 2.31. The van der Waals surface area contributed by atoms with Gasteiger partial charge in [-0.05, 0) is 0 Å². The first-order valence-corrected chi connectivity index (χ1v) is 4.08. The summed E-state index contributed by atoms with van der Waals surface area (Å²) in [6.45, 7) is -0.213. The number of aromatic nitrogens is 2. The maximum Gasteiger partial charge on any atom is 0.115 e. The molecule has 2 heterocycles. The van der Waals surface area contributed by atoms with Gasteiger partial charge in [0.1, 0.15) is 11.9 Å². The quantitative estimate of drug-likeness (QED) is 0.506. The average Bonchev–Trinajstić information content (AvgIpc) is 2.54. The average molecular weight is 183 g/mol. The number of hydrogen-bond donors (Lipinski definition) is 3. The molecule has 3 atom stereocenters. The Bertz CT molecular complexity index is 299. The molecular weight excluding hydrogens is 172 g/mol. The van der Waals surface area contributed by atoms with E-state index < -0.39 is 18.2 Å². The molecule has 1 aromatic heterocycles. The van der Waals surface area contributed by atoms with E-state index >= 15 is 0 Å². The van der Waals surface area contributed by atoms with Crippen molar-refractivity contribution in [3.8, 4) is 0 Å². The third-order valence-electron chi connectivity index (χ3n) is 2.31. The van der Waals surface area contributed by atoms with Crippen LogP contribution >= 0.6 is 0 Å². The monoisotopic (exact) mass is 183 g/mol. The van der Waals surface area contributed by atoms with Crippen LogP contribution in [0.2, 0.25) is 0 Å². The molecule has 5 nitrogen and oxygen atoms in total. The maximum atomic E-state index is 9.51. The fourth-order valence-electron chi connectivity index (χ4n) is 1.57. The van der Waals surface area contributed by atoms with Crippen molar-refractivity contribution in [2.45, 2.75) is 18.2 Å². The Balaban J connectivity index is 2.37. The van der Waals surface area contributed by atoms with E-state index in [1.807, 2.05) is 0 Å². The largest absolute Gasteiger partial charge is 0.394 e. The van der Waals surface area contributed by atoms with Gasteiger partial charge in [0.15, 0.2) is 0 Å². The van der Waals surface area contributed by atoms with Crippen molar-refractivity contribution < 1.29 is 15.3 Å². The number of nitrogens with zero attached hydrogens (tertiary/aromatic N) is 2. The Morgan fingerprint density at radius 1 is 1.46 bits per heavy atom. The van der Waals surface area contributed by atoms with Gasteiger partial charge in [-0.1, -0.05) is 0 Å². The van der Waals surface area contributed by atoms with Crippen LogP contribution in [0.25, 0.3) is 0 Å². The number of imidazole rings is 1. The minimum Gasteiger partial charge on any atom is -0.394 e. The fourth-order valence-corrected chi connectivity index (χ4v) is 1.57. The lowest BCUT2D eigenvalue weighted by Gasteiger charge is -2.32. The molecule has 1 aliphatic heterocycles. The molecule has 0 saturated heterocycles. The second-order valence-corrected chi connectivity index (χ2v) is 3.09. The third kappa shape index (κ3) is 1.25. The number of aliphatic hydroxyl groups excluding tert-OH is 3. The summed E-state index contributed by atoms with van der Waals surface area (Å²) in [4.78, 5) is 3.96. The summed E-state index contributed by atoms with van der Waals surface area (Å²) in [7, 11) is 0. The summed E-state index contributed by atoms with van der Waals surface area (Å²) in [6, 6.07) is -0.502. The number of rotatable bonds is 1. The molecule has 71 valence electrons. The van der Waals surface area contributed by atoms with Gasteiger partial charge in [-0.3, -0.25) is 0 Å². The summed E-state index contributed by atoms with van der Waals surface area (Å²) in [5.74, 6) is 0.580. The molecule has 0 bridgehead atoms. The molecule has 0 saturated carbocycles. The van der Waals surface area contributed by atoms with E-state index in [0.29, 0.717) is 5.82 Å². The van der Waals surface area contributed by atoms with Crippen LogP contribution in [-0.2, 0) is 0 Å². The van der Waals surface area contributed by atoms with Gasteiger partial charge in [-0.25, -0.2) is 4.98 Å². The molecule has 0 aromatic carbocycles. The van der Waals surface area contributed by atoms with E-state index in [1.165, 1.54) is 6.42 Å². The molecule has 0 aliphatic carbocycles. The number of fused-ring (bicyclic) bond motifs is 1. The summed E-state index contributed by atoms with van der Waals surface area (Å²) in [5.41, 5.74) is 0. The van der Waals surface area contributed by atoms with E-state index in [9.17, 15) is 10.2 Å². The Hall–Kier alpha value is -0.910. The van der Waals surface area contributed by atoms with Gasteiger partial charge >= 0.3 is 0 Å². The topological polar surface area (TPSA) is 78.5 Å². The highest BCUT2D eigenvalue weighted by molar-refractivity contribution is 5.15. The predicted molar refractivity (Wildman–Crippen MR) is 43.8 cm³/mol. The number of hydrogen-bond acceptors (Lipinski definition) is 4. The van der Waals surface area contributed by atoms with Crippen molar-refractivity contribution >= 4 is 0 Å². The molecule has 1 aromatic rings. The fraction of sp³-hybridized carbons (Fsp3) is 0.500. The van der Waals surface area contributed by atoms with Crippen molar-refractivity contribution in [1.29, 1.82) is 0 Å². The molecule has 5 heteroatoms. The molecule has 1 unspecified atom stereocenters. The SMILES string of the molecule is OCC1[C@H](O)[C@H](O)[CH]c2nccn21. The van der Waals surface area contributed by atoms with Crippen LogP contribution in [0.4, 0.5) is 0 Å². The Morgan fingerprint density at radius 3 is 2.92 bits per heavy atom. The molecule has 0 fully saturated rings. The minimum atomic E-state index is -0.966.